The van der Waals surface area contributed by atoms with E-state index in [1.54, 1.807) is 18.2 Å². The maximum atomic E-state index is 12.7. The number of alkyl halides is 3. The lowest BCUT2D eigenvalue weighted by molar-refractivity contribution is -0.139. The van der Waals surface area contributed by atoms with E-state index in [1.807, 2.05) is 12.3 Å². The number of aromatic nitrogens is 2. The number of nitrogens with zero attached hydrogens (tertiary/aromatic N) is 3. The van der Waals surface area contributed by atoms with E-state index in [-0.39, 0.29) is 6.10 Å². The molecule has 4 rings (SSSR count). The van der Waals surface area contributed by atoms with Gasteiger partial charge in [0.15, 0.2) is 0 Å². The van der Waals surface area contributed by atoms with Crippen LogP contribution in [0, 0.1) is 0 Å². The second-order valence-corrected chi connectivity index (χ2v) is 7.53. The minimum absolute atomic E-state index is 0.0819. The molecule has 1 aliphatic rings. The third-order valence-corrected chi connectivity index (χ3v) is 5.48. The molecule has 3 heterocycles. The molecule has 1 aromatic carbocycles. The highest BCUT2D eigenvalue weighted by atomic mass is 32.1. The topological polar surface area (TPSA) is 30.3 Å². The van der Waals surface area contributed by atoms with Crippen molar-refractivity contribution >= 4 is 22.4 Å². The van der Waals surface area contributed by atoms with Gasteiger partial charge in [-0.3, -0.25) is 4.90 Å². The fourth-order valence-electron chi connectivity index (χ4n) is 3.56. The van der Waals surface area contributed by atoms with Gasteiger partial charge in [0.1, 0.15) is 18.4 Å². The van der Waals surface area contributed by atoms with E-state index >= 15 is 0 Å². The summed E-state index contributed by atoms with van der Waals surface area (Å²) in [6.07, 6.45) is 1.02. The highest BCUT2D eigenvalue weighted by Gasteiger charge is 2.28. The van der Waals surface area contributed by atoms with E-state index in [0.717, 1.165) is 37.9 Å². The lowest BCUT2D eigenvalue weighted by Gasteiger charge is -2.32. The molecule has 2 aromatic heterocycles. The van der Waals surface area contributed by atoms with Crippen LogP contribution in [0.5, 0.6) is 5.75 Å². The summed E-state index contributed by atoms with van der Waals surface area (Å²) in [5, 5.41) is 2.79. The fraction of sp³-hybridized carbons (Fsp3) is 0.421. The number of hydrogen-bond acceptors (Lipinski definition) is 4. The molecule has 0 saturated carbocycles. The normalized spacial score (nSPS) is 16.9. The van der Waals surface area contributed by atoms with Crippen molar-refractivity contribution in [1.82, 2.24) is 13.8 Å². The number of hydrogen-bond donors (Lipinski definition) is 0. The average molecular weight is 395 g/mol. The summed E-state index contributed by atoms with van der Waals surface area (Å²) in [4.78, 5) is 2.38. The fourth-order valence-corrected chi connectivity index (χ4v) is 4.08. The maximum absolute atomic E-state index is 12.7. The van der Waals surface area contributed by atoms with Crippen molar-refractivity contribution in [2.24, 2.45) is 0 Å². The maximum Gasteiger partial charge on any atom is 0.406 e. The van der Waals surface area contributed by atoms with Crippen molar-refractivity contribution in [3.05, 3.63) is 47.6 Å². The first-order chi connectivity index (χ1) is 13.0. The van der Waals surface area contributed by atoms with Crippen LogP contribution in [-0.4, -0.2) is 39.2 Å². The highest BCUT2D eigenvalue weighted by molar-refractivity contribution is 7.03. The van der Waals surface area contributed by atoms with Gasteiger partial charge in [0.05, 0.1) is 5.52 Å². The Kier molecular flexibility index (Phi) is 5.10. The Hall–Kier alpha value is -2.06. The van der Waals surface area contributed by atoms with Crippen LogP contribution in [-0.2, 0) is 13.1 Å². The minimum Gasteiger partial charge on any atom is -0.490 e. The van der Waals surface area contributed by atoms with Gasteiger partial charge >= 0.3 is 6.18 Å². The minimum atomic E-state index is -4.24. The van der Waals surface area contributed by atoms with E-state index in [2.05, 4.69) is 14.7 Å². The molecule has 144 valence electrons. The van der Waals surface area contributed by atoms with Gasteiger partial charge in [-0.1, -0.05) is 6.07 Å². The number of benzene rings is 1. The predicted octanol–water partition coefficient (Wildman–Crippen LogP) is 4.70. The van der Waals surface area contributed by atoms with E-state index in [4.69, 9.17) is 4.74 Å². The van der Waals surface area contributed by atoms with Gasteiger partial charge in [-0.2, -0.15) is 13.2 Å². The van der Waals surface area contributed by atoms with Crippen LogP contribution in [0.15, 0.2) is 42.0 Å². The first kappa shape index (κ1) is 18.3. The summed E-state index contributed by atoms with van der Waals surface area (Å²) in [7, 11) is 0. The molecule has 0 N–H and O–H groups in total. The zero-order chi connectivity index (χ0) is 18.9. The zero-order valence-electron chi connectivity index (χ0n) is 14.7. The number of ether oxygens (including phenoxy) is 1. The van der Waals surface area contributed by atoms with Gasteiger partial charge < -0.3 is 9.30 Å². The first-order valence-corrected chi connectivity index (χ1v) is 9.73. The molecular weight excluding hydrogens is 375 g/mol. The highest BCUT2D eigenvalue weighted by Crippen LogP contribution is 2.31. The van der Waals surface area contributed by atoms with E-state index < -0.39 is 12.7 Å². The number of halogens is 3. The SMILES string of the molecule is FC(F)(F)Cn1ccc2c(OC3CCN(Cc4cnsc4)CC3)cccc21. The van der Waals surface area contributed by atoms with E-state index in [1.165, 1.54) is 27.9 Å². The molecule has 27 heavy (non-hydrogen) atoms. The molecular formula is C19H20F3N3OS. The molecule has 0 bridgehead atoms. The van der Waals surface area contributed by atoms with Crippen LogP contribution in [0.1, 0.15) is 18.4 Å². The van der Waals surface area contributed by atoms with Gasteiger partial charge in [0, 0.05) is 42.8 Å². The Morgan fingerprint density at radius 1 is 1.19 bits per heavy atom. The van der Waals surface area contributed by atoms with Crippen LogP contribution >= 0.6 is 11.5 Å². The van der Waals surface area contributed by atoms with E-state index in [9.17, 15) is 13.2 Å². The number of rotatable bonds is 5. The van der Waals surface area contributed by atoms with Gasteiger partial charge in [0.2, 0.25) is 0 Å². The molecule has 0 spiro atoms. The molecule has 1 fully saturated rings. The lowest BCUT2D eigenvalue weighted by Crippen LogP contribution is -2.37. The van der Waals surface area contributed by atoms with Crippen molar-refractivity contribution in [2.75, 3.05) is 13.1 Å². The molecule has 0 radical (unpaired) electrons. The van der Waals surface area contributed by atoms with Crippen molar-refractivity contribution in [3.63, 3.8) is 0 Å². The number of fused-ring (bicyclic) bond motifs is 1. The summed E-state index contributed by atoms with van der Waals surface area (Å²) in [6, 6.07) is 6.99. The summed E-state index contributed by atoms with van der Waals surface area (Å²) in [5.41, 5.74) is 1.78. The third-order valence-electron chi connectivity index (χ3n) is 4.84. The Balaban J connectivity index is 1.41. The number of likely N-dealkylation sites (tertiary alicyclic amines) is 1. The standard InChI is InChI=1S/C19H20F3N3OS/c20-19(21,22)13-25-9-6-16-17(25)2-1-3-18(16)26-15-4-7-24(8-5-15)11-14-10-23-27-12-14/h1-3,6,9-10,12,15H,4-5,7-8,11,13H2. The van der Waals surface area contributed by atoms with Gasteiger partial charge in [-0.25, -0.2) is 4.37 Å². The molecule has 3 aromatic rings. The smallest absolute Gasteiger partial charge is 0.406 e. The Labute approximate surface area is 159 Å². The molecule has 8 heteroatoms. The molecule has 0 amide bonds. The Morgan fingerprint density at radius 3 is 2.70 bits per heavy atom. The van der Waals surface area contributed by atoms with E-state index in [0.29, 0.717) is 11.3 Å². The molecule has 4 nitrogen and oxygen atoms in total. The monoisotopic (exact) mass is 395 g/mol. The summed E-state index contributed by atoms with van der Waals surface area (Å²) < 4.78 is 49.7. The predicted molar refractivity (Wildman–Crippen MR) is 99.0 cm³/mol. The van der Waals surface area contributed by atoms with Crippen molar-refractivity contribution in [1.29, 1.82) is 0 Å². The van der Waals surface area contributed by atoms with Gasteiger partial charge in [-0.15, -0.1) is 0 Å². The zero-order valence-corrected chi connectivity index (χ0v) is 15.5. The second-order valence-electron chi connectivity index (χ2n) is 6.87. The second kappa shape index (κ2) is 7.52. The van der Waals surface area contributed by atoms with Crippen molar-refractivity contribution in [3.8, 4) is 5.75 Å². The summed E-state index contributed by atoms with van der Waals surface area (Å²) in [6.45, 7) is 1.78. The summed E-state index contributed by atoms with van der Waals surface area (Å²) >= 11 is 1.46. The lowest BCUT2D eigenvalue weighted by atomic mass is 10.1. The molecule has 0 atom stereocenters. The third kappa shape index (κ3) is 4.44. The molecule has 1 saturated heterocycles. The number of piperidine rings is 1. The van der Waals surface area contributed by atoms with Crippen LogP contribution in [0.25, 0.3) is 10.9 Å². The molecule has 0 aliphatic carbocycles. The van der Waals surface area contributed by atoms with Crippen LogP contribution in [0.3, 0.4) is 0 Å². The Morgan fingerprint density at radius 2 is 2.00 bits per heavy atom. The largest absolute Gasteiger partial charge is 0.490 e. The first-order valence-electron chi connectivity index (χ1n) is 8.90. The van der Waals surface area contributed by atoms with Gasteiger partial charge in [0.25, 0.3) is 0 Å². The van der Waals surface area contributed by atoms with Crippen LogP contribution in [0.4, 0.5) is 13.2 Å². The van der Waals surface area contributed by atoms with Crippen molar-refractivity contribution < 1.29 is 17.9 Å². The summed E-state index contributed by atoms with van der Waals surface area (Å²) in [5.74, 6) is 0.661. The van der Waals surface area contributed by atoms with Crippen LogP contribution in [0.2, 0.25) is 0 Å². The van der Waals surface area contributed by atoms with Crippen LogP contribution < -0.4 is 4.74 Å². The van der Waals surface area contributed by atoms with Gasteiger partial charge in [-0.05, 0) is 48.1 Å². The Bertz CT molecular complexity index is 883. The quantitative estimate of drug-likeness (QED) is 0.627. The van der Waals surface area contributed by atoms with Crippen molar-refractivity contribution in [2.45, 2.75) is 38.2 Å². The molecule has 1 aliphatic heterocycles. The average Bonchev–Trinajstić information content (AvgIpc) is 3.26. The molecule has 0 unspecified atom stereocenters.